The lowest BCUT2D eigenvalue weighted by Crippen LogP contribution is -2.45. The number of rotatable bonds is 6. The molecular formula is C23H28N2O3. The normalized spacial score (nSPS) is 15.5. The zero-order valence-electron chi connectivity index (χ0n) is 16.6. The van der Waals surface area contributed by atoms with Gasteiger partial charge in [0.2, 0.25) is 11.8 Å². The van der Waals surface area contributed by atoms with Gasteiger partial charge in [0.05, 0.1) is 12.5 Å². The van der Waals surface area contributed by atoms with Gasteiger partial charge in [0.15, 0.2) is 0 Å². The van der Waals surface area contributed by atoms with Crippen molar-refractivity contribution in [3.05, 3.63) is 59.7 Å². The van der Waals surface area contributed by atoms with Crippen molar-refractivity contribution >= 4 is 17.5 Å². The number of carbonyl (C=O) groups excluding carboxylic acids is 2. The summed E-state index contributed by atoms with van der Waals surface area (Å²) < 4.78 is 5.26. The molecule has 0 unspecified atom stereocenters. The molecule has 0 aliphatic heterocycles. The lowest BCUT2D eigenvalue weighted by molar-refractivity contribution is -0.128. The fraction of sp³-hybridized carbons (Fsp3) is 0.391. The van der Waals surface area contributed by atoms with Gasteiger partial charge < -0.3 is 15.4 Å². The summed E-state index contributed by atoms with van der Waals surface area (Å²) in [5, 5.41) is 5.92. The molecule has 1 saturated carbocycles. The average molecular weight is 380 g/mol. The van der Waals surface area contributed by atoms with Crippen molar-refractivity contribution in [1.82, 2.24) is 5.32 Å². The average Bonchev–Trinajstić information content (AvgIpc) is 2.72. The predicted molar refractivity (Wildman–Crippen MR) is 110 cm³/mol. The summed E-state index contributed by atoms with van der Waals surface area (Å²) in [6.07, 6.45) is 4.93. The Morgan fingerprint density at radius 1 is 1.04 bits per heavy atom. The van der Waals surface area contributed by atoms with Gasteiger partial charge in [-0.3, -0.25) is 9.59 Å². The van der Waals surface area contributed by atoms with Crippen LogP contribution < -0.4 is 15.4 Å². The first kappa shape index (κ1) is 19.9. The van der Waals surface area contributed by atoms with Crippen LogP contribution in [0.2, 0.25) is 0 Å². The van der Waals surface area contributed by atoms with Crippen LogP contribution in [-0.2, 0) is 21.5 Å². The van der Waals surface area contributed by atoms with Crippen molar-refractivity contribution in [2.24, 2.45) is 0 Å². The van der Waals surface area contributed by atoms with E-state index in [4.69, 9.17) is 4.74 Å². The van der Waals surface area contributed by atoms with E-state index in [2.05, 4.69) is 10.6 Å². The summed E-state index contributed by atoms with van der Waals surface area (Å²) in [6.45, 7) is 1.96. The highest BCUT2D eigenvalue weighted by Gasteiger charge is 2.40. The first-order chi connectivity index (χ1) is 13.5. The van der Waals surface area contributed by atoms with E-state index in [0.717, 1.165) is 54.7 Å². The molecule has 148 valence electrons. The van der Waals surface area contributed by atoms with Crippen molar-refractivity contribution in [2.45, 2.75) is 51.0 Å². The molecule has 0 spiro atoms. The number of nitrogens with one attached hydrogen (secondary N) is 2. The summed E-state index contributed by atoms with van der Waals surface area (Å²) in [6, 6.07) is 15.4. The third-order valence-electron chi connectivity index (χ3n) is 5.49. The monoisotopic (exact) mass is 380 g/mol. The van der Waals surface area contributed by atoms with Gasteiger partial charge in [-0.15, -0.1) is 0 Å². The van der Waals surface area contributed by atoms with E-state index in [-0.39, 0.29) is 11.8 Å². The van der Waals surface area contributed by atoms with Crippen molar-refractivity contribution in [1.29, 1.82) is 0 Å². The van der Waals surface area contributed by atoms with E-state index in [0.29, 0.717) is 6.54 Å². The summed E-state index contributed by atoms with van der Waals surface area (Å²) in [5.74, 6) is 0.756. The molecule has 2 N–H and O–H groups in total. The third kappa shape index (κ3) is 4.53. The van der Waals surface area contributed by atoms with Crippen LogP contribution in [0.3, 0.4) is 0 Å². The van der Waals surface area contributed by atoms with Crippen LogP contribution >= 0.6 is 0 Å². The minimum absolute atomic E-state index is 0.0716. The fourth-order valence-electron chi connectivity index (χ4n) is 4.01. The molecule has 0 atom stereocenters. The van der Waals surface area contributed by atoms with Gasteiger partial charge >= 0.3 is 0 Å². The van der Waals surface area contributed by atoms with E-state index < -0.39 is 5.41 Å². The summed E-state index contributed by atoms with van der Waals surface area (Å²) >= 11 is 0. The van der Waals surface area contributed by atoms with Crippen LogP contribution in [0.1, 0.15) is 50.2 Å². The Kier molecular flexibility index (Phi) is 6.34. The maximum atomic E-state index is 13.3. The minimum atomic E-state index is -0.508. The van der Waals surface area contributed by atoms with Gasteiger partial charge in [-0.1, -0.05) is 43.5 Å². The number of carbonyl (C=O) groups is 2. The Morgan fingerprint density at radius 3 is 2.39 bits per heavy atom. The zero-order chi connectivity index (χ0) is 20.0. The van der Waals surface area contributed by atoms with Crippen LogP contribution in [0.4, 0.5) is 5.69 Å². The molecular weight excluding hydrogens is 352 g/mol. The molecule has 0 bridgehead atoms. The largest absolute Gasteiger partial charge is 0.497 e. The molecule has 28 heavy (non-hydrogen) atoms. The minimum Gasteiger partial charge on any atom is -0.497 e. The van der Waals surface area contributed by atoms with Gasteiger partial charge in [-0.25, -0.2) is 0 Å². The van der Waals surface area contributed by atoms with Crippen LogP contribution in [0.25, 0.3) is 0 Å². The highest BCUT2D eigenvalue weighted by Crippen LogP contribution is 2.40. The van der Waals surface area contributed by atoms with Gasteiger partial charge in [0, 0.05) is 19.2 Å². The van der Waals surface area contributed by atoms with E-state index in [1.165, 1.54) is 6.92 Å². The third-order valence-corrected chi connectivity index (χ3v) is 5.49. The first-order valence-electron chi connectivity index (χ1n) is 9.83. The van der Waals surface area contributed by atoms with Crippen molar-refractivity contribution in [2.75, 3.05) is 12.4 Å². The maximum absolute atomic E-state index is 13.3. The van der Waals surface area contributed by atoms with Crippen LogP contribution in [0.5, 0.6) is 5.75 Å². The molecule has 0 radical (unpaired) electrons. The van der Waals surface area contributed by atoms with Crippen LogP contribution in [0, 0.1) is 0 Å². The number of anilines is 1. The van der Waals surface area contributed by atoms with Gasteiger partial charge in [0.1, 0.15) is 5.75 Å². The highest BCUT2D eigenvalue weighted by atomic mass is 16.5. The van der Waals surface area contributed by atoms with E-state index in [1.54, 1.807) is 7.11 Å². The van der Waals surface area contributed by atoms with Crippen molar-refractivity contribution in [3.8, 4) is 5.75 Å². The molecule has 3 rings (SSSR count). The number of benzene rings is 2. The Morgan fingerprint density at radius 2 is 1.75 bits per heavy atom. The Labute approximate surface area is 166 Å². The van der Waals surface area contributed by atoms with Gasteiger partial charge in [-0.2, -0.15) is 0 Å². The maximum Gasteiger partial charge on any atom is 0.230 e. The molecule has 1 aliphatic carbocycles. The van der Waals surface area contributed by atoms with E-state index >= 15 is 0 Å². The van der Waals surface area contributed by atoms with Gasteiger partial charge in [-0.05, 0) is 48.2 Å². The Bertz CT molecular complexity index is 824. The lowest BCUT2D eigenvalue weighted by atomic mass is 9.68. The van der Waals surface area contributed by atoms with Crippen molar-refractivity contribution in [3.63, 3.8) is 0 Å². The molecule has 0 heterocycles. The molecule has 2 amide bonds. The molecule has 0 saturated heterocycles. The van der Waals surface area contributed by atoms with Crippen LogP contribution in [-0.4, -0.2) is 18.9 Å². The molecule has 5 nitrogen and oxygen atoms in total. The van der Waals surface area contributed by atoms with Crippen LogP contribution in [0.15, 0.2) is 48.5 Å². The van der Waals surface area contributed by atoms with Gasteiger partial charge in [0.25, 0.3) is 0 Å². The standard InChI is InChI=1S/C23H28N2O3/c1-17(26)25-20-11-9-19(10-12-20)23(13-4-3-5-14-23)22(27)24-16-18-7-6-8-21(15-18)28-2/h6-12,15H,3-5,13-14,16H2,1-2H3,(H,24,27)(H,25,26). The number of methoxy groups -OCH3 is 1. The Hall–Kier alpha value is -2.82. The first-order valence-corrected chi connectivity index (χ1v) is 9.83. The predicted octanol–water partition coefficient (Wildman–Crippen LogP) is 4.17. The highest BCUT2D eigenvalue weighted by molar-refractivity contribution is 5.90. The lowest BCUT2D eigenvalue weighted by Gasteiger charge is -2.36. The number of amides is 2. The second-order valence-electron chi connectivity index (χ2n) is 7.44. The zero-order valence-corrected chi connectivity index (χ0v) is 16.6. The number of hydrogen-bond acceptors (Lipinski definition) is 3. The summed E-state index contributed by atoms with van der Waals surface area (Å²) in [7, 11) is 1.64. The molecule has 1 fully saturated rings. The summed E-state index contributed by atoms with van der Waals surface area (Å²) in [5.41, 5.74) is 2.27. The molecule has 2 aromatic carbocycles. The number of hydrogen-bond donors (Lipinski definition) is 2. The SMILES string of the molecule is COc1cccc(CNC(=O)C2(c3ccc(NC(C)=O)cc3)CCCCC2)c1. The molecule has 2 aromatic rings. The molecule has 1 aliphatic rings. The second kappa shape index (κ2) is 8.91. The summed E-state index contributed by atoms with van der Waals surface area (Å²) in [4.78, 5) is 24.6. The molecule has 5 heteroatoms. The van der Waals surface area contributed by atoms with Crippen molar-refractivity contribution < 1.29 is 14.3 Å². The number of ether oxygens (including phenoxy) is 1. The molecule has 0 aromatic heterocycles. The fourth-order valence-corrected chi connectivity index (χ4v) is 4.01. The smallest absolute Gasteiger partial charge is 0.230 e. The quantitative estimate of drug-likeness (QED) is 0.790. The Balaban J connectivity index is 1.78. The van der Waals surface area contributed by atoms with E-state index in [9.17, 15) is 9.59 Å². The topological polar surface area (TPSA) is 67.4 Å². The van der Waals surface area contributed by atoms with E-state index in [1.807, 2.05) is 48.5 Å². The second-order valence-corrected chi connectivity index (χ2v) is 7.44.